The molecule has 2 unspecified atom stereocenters. The summed E-state index contributed by atoms with van der Waals surface area (Å²) in [4.78, 5) is 23.8. The van der Waals surface area contributed by atoms with E-state index in [0.717, 1.165) is 0 Å². The van der Waals surface area contributed by atoms with Gasteiger partial charge < -0.3 is 20.5 Å². The van der Waals surface area contributed by atoms with Crippen molar-refractivity contribution in [3.63, 3.8) is 0 Å². The number of carbonyl (C=O) groups is 2. The Balaban J connectivity index is 2.14. The number of hydrogen-bond acceptors (Lipinski definition) is 5. The van der Waals surface area contributed by atoms with E-state index in [-0.39, 0.29) is 18.6 Å². The normalized spacial score (nSPS) is 25.2. The largest absolute Gasteiger partial charge is 0.465 e. The number of methoxy groups -OCH3 is 1. The molecule has 108 valence electrons. The Bertz CT molecular complexity index is 532. The lowest BCUT2D eigenvalue weighted by atomic mass is 9.85. The molecule has 6 nitrogen and oxygen atoms in total. The van der Waals surface area contributed by atoms with Crippen molar-refractivity contribution in [2.24, 2.45) is 11.1 Å². The highest BCUT2D eigenvalue weighted by molar-refractivity contribution is 5.97. The van der Waals surface area contributed by atoms with Crippen LogP contribution in [0.2, 0.25) is 0 Å². The molecule has 20 heavy (non-hydrogen) atoms. The van der Waals surface area contributed by atoms with Gasteiger partial charge in [0.05, 0.1) is 31.3 Å². The fourth-order valence-electron chi connectivity index (χ4n) is 2.04. The quantitative estimate of drug-likeness (QED) is 0.797. The van der Waals surface area contributed by atoms with Crippen LogP contribution in [0.15, 0.2) is 24.3 Å². The van der Waals surface area contributed by atoms with E-state index in [2.05, 4.69) is 10.1 Å². The average Bonchev–Trinajstić information content (AvgIpc) is 2.79. The zero-order valence-corrected chi connectivity index (χ0v) is 11.5. The van der Waals surface area contributed by atoms with Crippen LogP contribution in [0.4, 0.5) is 5.69 Å². The Labute approximate surface area is 117 Å². The number of esters is 1. The minimum Gasteiger partial charge on any atom is -0.465 e. The number of nitrogens with two attached hydrogens (primary N) is 1. The third kappa shape index (κ3) is 2.66. The number of amides is 1. The van der Waals surface area contributed by atoms with Gasteiger partial charge in [0, 0.05) is 11.7 Å². The molecular formula is C14H18N2O4. The highest BCUT2D eigenvalue weighted by Gasteiger charge is 2.44. The molecule has 1 aromatic carbocycles. The summed E-state index contributed by atoms with van der Waals surface area (Å²) < 4.78 is 9.89. The number of anilines is 1. The molecule has 1 heterocycles. The molecular weight excluding hydrogens is 260 g/mol. The van der Waals surface area contributed by atoms with Gasteiger partial charge in [-0.25, -0.2) is 4.79 Å². The average molecular weight is 278 g/mol. The Morgan fingerprint density at radius 2 is 2.25 bits per heavy atom. The molecule has 0 aliphatic carbocycles. The van der Waals surface area contributed by atoms with Gasteiger partial charge in [0.2, 0.25) is 5.91 Å². The summed E-state index contributed by atoms with van der Waals surface area (Å²) in [5.41, 5.74) is 6.05. The van der Waals surface area contributed by atoms with Crippen LogP contribution in [-0.4, -0.2) is 38.2 Å². The molecule has 0 bridgehead atoms. The maximum Gasteiger partial charge on any atom is 0.337 e. The molecule has 3 N–H and O–H groups in total. The topological polar surface area (TPSA) is 90.6 Å². The number of rotatable bonds is 3. The van der Waals surface area contributed by atoms with Crippen molar-refractivity contribution in [2.45, 2.75) is 13.0 Å². The van der Waals surface area contributed by atoms with Crippen LogP contribution in [-0.2, 0) is 14.3 Å². The summed E-state index contributed by atoms with van der Waals surface area (Å²) in [6, 6.07) is 6.22. The summed E-state index contributed by atoms with van der Waals surface area (Å²) in [7, 11) is 1.31. The van der Waals surface area contributed by atoms with Gasteiger partial charge in [-0.05, 0) is 25.1 Å². The van der Waals surface area contributed by atoms with E-state index in [9.17, 15) is 9.59 Å². The van der Waals surface area contributed by atoms with E-state index < -0.39 is 11.4 Å². The van der Waals surface area contributed by atoms with E-state index in [1.807, 2.05) is 0 Å². The van der Waals surface area contributed by atoms with Crippen LogP contribution < -0.4 is 11.1 Å². The van der Waals surface area contributed by atoms with Crippen molar-refractivity contribution in [2.75, 3.05) is 25.6 Å². The molecule has 0 radical (unpaired) electrons. The van der Waals surface area contributed by atoms with Crippen LogP contribution in [0.3, 0.4) is 0 Å². The molecule has 0 saturated carbocycles. The minimum atomic E-state index is -0.763. The van der Waals surface area contributed by atoms with E-state index in [1.54, 1.807) is 31.2 Å². The van der Waals surface area contributed by atoms with Crippen LogP contribution in [0.25, 0.3) is 0 Å². The number of ether oxygens (including phenoxy) is 2. The summed E-state index contributed by atoms with van der Waals surface area (Å²) >= 11 is 0. The summed E-state index contributed by atoms with van der Waals surface area (Å²) in [5.74, 6) is -0.669. The maximum atomic E-state index is 12.3. The highest BCUT2D eigenvalue weighted by atomic mass is 16.5. The molecule has 6 heteroatoms. The van der Waals surface area contributed by atoms with Crippen molar-refractivity contribution in [1.82, 2.24) is 0 Å². The molecule has 0 spiro atoms. The van der Waals surface area contributed by atoms with Gasteiger partial charge in [-0.15, -0.1) is 0 Å². The highest BCUT2D eigenvalue weighted by Crippen LogP contribution is 2.28. The molecule has 1 aliphatic rings. The fourth-order valence-corrected chi connectivity index (χ4v) is 2.04. The van der Waals surface area contributed by atoms with Gasteiger partial charge in [-0.1, -0.05) is 6.07 Å². The zero-order chi connectivity index (χ0) is 14.8. The van der Waals surface area contributed by atoms with Gasteiger partial charge in [0.25, 0.3) is 0 Å². The van der Waals surface area contributed by atoms with Crippen molar-refractivity contribution < 1.29 is 19.1 Å². The Morgan fingerprint density at radius 3 is 2.85 bits per heavy atom. The van der Waals surface area contributed by atoms with Crippen molar-refractivity contribution in [3.8, 4) is 0 Å². The van der Waals surface area contributed by atoms with Gasteiger partial charge in [0.15, 0.2) is 0 Å². The monoisotopic (exact) mass is 278 g/mol. The lowest BCUT2D eigenvalue weighted by Gasteiger charge is -2.25. The predicted molar refractivity (Wildman–Crippen MR) is 73.3 cm³/mol. The molecule has 2 rings (SSSR count). The first-order valence-electron chi connectivity index (χ1n) is 6.30. The second-order valence-corrected chi connectivity index (χ2v) is 5.07. The third-order valence-electron chi connectivity index (χ3n) is 3.58. The van der Waals surface area contributed by atoms with E-state index >= 15 is 0 Å². The first-order chi connectivity index (χ1) is 9.47. The van der Waals surface area contributed by atoms with E-state index in [4.69, 9.17) is 10.5 Å². The van der Waals surface area contributed by atoms with Crippen LogP contribution in [0.1, 0.15) is 17.3 Å². The number of carbonyl (C=O) groups excluding carboxylic acids is 2. The number of benzene rings is 1. The van der Waals surface area contributed by atoms with Crippen molar-refractivity contribution >= 4 is 17.6 Å². The van der Waals surface area contributed by atoms with Crippen LogP contribution in [0.5, 0.6) is 0 Å². The SMILES string of the molecule is COC(=O)c1cccc(NC(=O)C2(C)COCC2N)c1. The van der Waals surface area contributed by atoms with Crippen molar-refractivity contribution in [3.05, 3.63) is 29.8 Å². The lowest BCUT2D eigenvalue weighted by molar-refractivity contribution is -0.125. The standard InChI is InChI=1S/C14H18N2O4/c1-14(8-20-7-11(14)15)13(18)16-10-5-3-4-9(6-10)12(17)19-2/h3-6,11H,7-8,15H2,1-2H3,(H,16,18). The minimum absolute atomic E-state index is 0.218. The van der Waals surface area contributed by atoms with Gasteiger partial charge in [0.1, 0.15) is 0 Å². The van der Waals surface area contributed by atoms with E-state index in [1.165, 1.54) is 7.11 Å². The van der Waals surface area contributed by atoms with Gasteiger partial charge in [-0.2, -0.15) is 0 Å². The third-order valence-corrected chi connectivity index (χ3v) is 3.58. The van der Waals surface area contributed by atoms with Gasteiger partial charge >= 0.3 is 5.97 Å². The van der Waals surface area contributed by atoms with Crippen molar-refractivity contribution in [1.29, 1.82) is 0 Å². The predicted octanol–water partition coefficient (Wildman–Crippen LogP) is 0.775. The summed E-state index contributed by atoms with van der Waals surface area (Å²) in [6.07, 6.45) is 0. The Morgan fingerprint density at radius 1 is 1.50 bits per heavy atom. The molecule has 0 aromatic heterocycles. The Hall–Kier alpha value is -1.92. The van der Waals surface area contributed by atoms with Crippen LogP contribution >= 0.6 is 0 Å². The first-order valence-corrected chi connectivity index (χ1v) is 6.30. The molecule has 1 amide bonds. The lowest BCUT2D eigenvalue weighted by Crippen LogP contribution is -2.47. The zero-order valence-electron chi connectivity index (χ0n) is 11.5. The Kier molecular flexibility index (Phi) is 4.06. The van der Waals surface area contributed by atoms with Gasteiger partial charge in [-0.3, -0.25) is 4.79 Å². The number of hydrogen-bond donors (Lipinski definition) is 2. The second-order valence-electron chi connectivity index (χ2n) is 5.07. The molecule has 1 saturated heterocycles. The molecule has 1 aliphatic heterocycles. The van der Waals surface area contributed by atoms with Crippen LogP contribution in [0, 0.1) is 5.41 Å². The molecule has 1 aromatic rings. The van der Waals surface area contributed by atoms with E-state index in [0.29, 0.717) is 17.9 Å². The summed E-state index contributed by atoms with van der Waals surface area (Å²) in [5, 5.41) is 2.77. The summed E-state index contributed by atoms with van der Waals surface area (Å²) in [6.45, 7) is 2.42. The fraction of sp³-hybridized carbons (Fsp3) is 0.429. The number of nitrogens with one attached hydrogen (secondary N) is 1. The molecule has 2 atom stereocenters. The maximum absolute atomic E-state index is 12.3. The smallest absolute Gasteiger partial charge is 0.337 e. The first kappa shape index (κ1) is 14.5. The molecule has 1 fully saturated rings. The second kappa shape index (κ2) is 5.60.